The maximum atomic E-state index is 12.0. The number of carbonyl (C=O) groups excluding carboxylic acids is 1. The molecular formula is C16H16N4O2S. The molecule has 118 valence electrons. The van der Waals surface area contributed by atoms with Crippen molar-refractivity contribution >= 4 is 28.7 Å². The van der Waals surface area contributed by atoms with Gasteiger partial charge < -0.3 is 19.9 Å². The highest BCUT2D eigenvalue weighted by Gasteiger charge is 2.08. The topological polar surface area (TPSA) is 68.2 Å². The van der Waals surface area contributed by atoms with Crippen LogP contribution in [0.5, 0.6) is 5.75 Å². The summed E-state index contributed by atoms with van der Waals surface area (Å²) in [4.78, 5) is 16.0. The van der Waals surface area contributed by atoms with Crippen molar-refractivity contribution < 1.29 is 9.53 Å². The van der Waals surface area contributed by atoms with E-state index in [1.807, 2.05) is 45.8 Å². The van der Waals surface area contributed by atoms with E-state index < -0.39 is 0 Å². The second kappa shape index (κ2) is 7.46. The molecule has 0 saturated carbocycles. The molecule has 2 N–H and O–H groups in total. The maximum absolute atomic E-state index is 12.0. The van der Waals surface area contributed by atoms with Crippen LogP contribution in [0.25, 0.3) is 0 Å². The van der Waals surface area contributed by atoms with Gasteiger partial charge in [0.25, 0.3) is 0 Å². The average Bonchev–Trinajstić information content (AvgIpc) is 3.22. The van der Waals surface area contributed by atoms with Gasteiger partial charge in [-0.25, -0.2) is 9.78 Å². The van der Waals surface area contributed by atoms with E-state index in [-0.39, 0.29) is 6.03 Å². The summed E-state index contributed by atoms with van der Waals surface area (Å²) in [7, 11) is 0. The van der Waals surface area contributed by atoms with E-state index in [1.54, 1.807) is 18.6 Å². The highest BCUT2D eigenvalue weighted by molar-refractivity contribution is 7.08. The fourth-order valence-electron chi connectivity index (χ4n) is 2.00. The molecule has 3 aromatic rings. The third kappa shape index (κ3) is 4.33. The Morgan fingerprint density at radius 3 is 2.96 bits per heavy atom. The van der Waals surface area contributed by atoms with E-state index in [2.05, 4.69) is 15.6 Å². The number of nitrogens with one attached hydrogen (secondary N) is 2. The fourth-order valence-corrected chi connectivity index (χ4v) is 2.58. The van der Waals surface area contributed by atoms with E-state index in [0.29, 0.717) is 24.6 Å². The normalized spacial score (nSPS) is 10.3. The molecule has 0 aliphatic heterocycles. The number of carbonyl (C=O) groups is 1. The Bertz CT molecular complexity index is 741. The molecule has 2 heterocycles. The van der Waals surface area contributed by atoms with Gasteiger partial charge in [0.15, 0.2) is 0 Å². The molecule has 0 unspecified atom stereocenters. The van der Waals surface area contributed by atoms with Gasteiger partial charge in [0.1, 0.15) is 12.4 Å². The van der Waals surface area contributed by atoms with Crippen molar-refractivity contribution in [1.82, 2.24) is 9.55 Å². The van der Waals surface area contributed by atoms with Crippen molar-refractivity contribution in [3.8, 4) is 5.75 Å². The van der Waals surface area contributed by atoms with Gasteiger partial charge in [-0.15, -0.1) is 0 Å². The molecule has 2 amide bonds. The number of hydrogen-bond donors (Lipinski definition) is 2. The minimum Gasteiger partial charge on any atom is -0.490 e. The van der Waals surface area contributed by atoms with Crippen LogP contribution in [0, 0.1) is 0 Å². The van der Waals surface area contributed by atoms with Crippen LogP contribution in [0.3, 0.4) is 0 Å². The first-order valence-corrected chi connectivity index (χ1v) is 8.03. The third-order valence-electron chi connectivity index (χ3n) is 3.08. The molecule has 2 aromatic heterocycles. The lowest BCUT2D eigenvalue weighted by molar-refractivity contribution is 0.261. The Morgan fingerprint density at radius 2 is 2.17 bits per heavy atom. The number of aromatic nitrogens is 2. The molecule has 0 bridgehead atoms. The van der Waals surface area contributed by atoms with E-state index in [0.717, 1.165) is 5.69 Å². The number of nitrogens with zero attached hydrogens (tertiary/aromatic N) is 2. The number of para-hydroxylation sites is 2. The first-order chi connectivity index (χ1) is 11.3. The lowest BCUT2D eigenvalue weighted by Gasteiger charge is -2.13. The molecular weight excluding hydrogens is 312 g/mol. The summed E-state index contributed by atoms with van der Waals surface area (Å²) in [5.41, 5.74) is 1.40. The predicted octanol–water partition coefficient (Wildman–Crippen LogP) is 3.67. The van der Waals surface area contributed by atoms with Gasteiger partial charge in [-0.2, -0.15) is 11.3 Å². The molecule has 0 radical (unpaired) electrons. The zero-order chi connectivity index (χ0) is 15.9. The Balaban J connectivity index is 1.57. The molecule has 0 spiro atoms. The second-order valence-electron chi connectivity index (χ2n) is 4.74. The minimum atomic E-state index is -0.297. The van der Waals surface area contributed by atoms with Crippen LogP contribution < -0.4 is 15.4 Å². The quantitative estimate of drug-likeness (QED) is 0.725. The molecule has 0 atom stereocenters. The molecule has 1 aromatic carbocycles. The number of urea groups is 1. The van der Waals surface area contributed by atoms with Crippen LogP contribution in [-0.2, 0) is 6.54 Å². The SMILES string of the molecule is O=C(Nc1ccsc1)Nc1ccccc1OCCn1ccnc1. The average molecular weight is 328 g/mol. The molecule has 0 fully saturated rings. The van der Waals surface area contributed by atoms with Crippen LogP contribution in [0.1, 0.15) is 0 Å². The van der Waals surface area contributed by atoms with E-state index >= 15 is 0 Å². The molecule has 0 aliphatic rings. The third-order valence-corrected chi connectivity index (χ3v) is 3.76. The molecule has 7 heteroatoms. The summed E-state index contributed by atoms with van der Waals surface area (Å²) >= 11 is 1.53. The first-order valence-electron chi connectivity index (χ1n) is 7.09. The van der Waals surface area contributed by atoms with Crippen molar-refractivity contribution in [2.45, 2.75) is 6.54 Å². The van der Waals surface area contributed by atoms with E-state index in [4.69, 9.17) is 4.74 Å². The second-order valence-corrected chi connectivity index (χ2v) is 5.52. The van der Waals surface area contributed by atoms with Crippen molar-refractivity contribution in [2.24, 2.45) is 0 Å². The zero-order valence-corrected chi connectivity index (χ0v) is 13.1. The van der Waals surface area contributed by atoms with Crippen LogP contribution in [-0.4, -0.2) is 22.2 Å². The number of thiophene rings is 1. The van der Waals surface area contributed by atoms with Crippen molar-refractivity contribution in [2.75, 3.05) is 17.2 Å². The first kappa shape index (κ1) is 15.1. The Kier molecular flexibility index (Phi) is 4.90. The van der Waals surface area contributed by atoms with Crippen molar-refractivity contribution in [3.63, 3.8) is 0 Å². The van der Waals surface area contributed by atoms with Gasteiger partial charge in [0.2, 0.25) is 0 Å². The summed E-state index contributed by atoms with van der Waals surface area (Å²) in [5.74, 6) is 0.632. The summed E-state index contributed by atoms with van der Waals surface area (Å²) in [6.07, 6.45) is 5.34. The van der Waals surface area contributed by atoms with Crippen LogP contribution >= 0.6 is 11.3 Å². The standard InChI is InChI=1S/C16H16N4O2S/c21-16(18-13-5-10-23-11-13)19-14-3-1-2-4-15(14)22-9-8-20-7-6-17-12-20/h1-7,10-12H,8-9H2,(H2,18,19,21). The number of hydrogen-bond acceptors (Lipinski definition) is 4. The zero-order valence-electron chi connectivity index (χ0n) is 12.3. The largest absolute Gasteiger partial charge is 0.490 e. The van der Waals surface area contributed by atoms with Crippen LogP contribution in [0.15, 0.2) is 59.8 Å². The van der Waals surface area contributed by atoms with Crippen LogP contribution in [0.4, 0.5) is 16.2 Å². The Labute approximate surface area is 137 Å². The fraction of sp³-hybridized carbons (Fsp3) is 0.125. The summed E-state index contributed by atoms with van der Waals surface area (Å²) in [6, 6.07) is 8.90. The number of anilines is 2. The highest BCUT2D eigenvalue weighted by Crippen LogP contribution is 2.24. The van der Waals surface area contributed by atoms with Gasteiger partial charge >= 0.3 is 6.03 Å². The number of benzene rings is 1. The van der Waals surface area contributed by atoms with Gasteiger partial charge in [-0.1, -0.05) is 12.1 Å². The molecule has 0 aliphatic carbocycles. The van der Waals surface area contributed by atoms with Crippen molar-refractivity contribution in [3.05, 3.63) is 59.8 Å². The van der Waals surface area contributed by atoms with Gasteiger partial charge in [0, 0.05) is 17.8 Å². The number of amides is 2. The Morgan fingerprint density at radius 1 is 1.26 bits per heavy atom. The highest BCUT2D eigenvalue weighted by atomic mass is 32.1. The monoisotopic (exact) mass is 328 g/mol. The summed E-state index contributed by atoms with van der Waals surface area (Å²) < 4.78 is 7.69. The Hall–Kier alpha value is -2.80. The smallest absolute Gasteiger partial charge is 0.323 e. The van der Waals surface area contributed by atoms with E-state index in [9.17, 15) is 4.79 Å². The summed E-state index contributed by atoms with van der Waals surface area (Å²) in [6.45, 7) is 1.18. The van der Waals surface area contributed by atoms with E-state index in [1.165, 1.54) is 11.3 Å². The minimum absolute atomic E-state index is 0.297. The molecule has 6 nitrogen and oxygen atoms in total. The maximum Gasteiger partial charge on any atom is 0.323 e. The number of imidazole rings is 1. The van der Waals surface area contributed by atoms with Crippen LogP contribution in [0.2, 0.25) is 0 Å². The lowest BCUT2D eigenvalue weighted by Crippen LogP contribution is -2.19. The van der Waals surface area contributed by atoms with Crippen molar-refractivity contribution in [1.29, 1.82) is 0 Å². The molecule has 23 heavy (non-hydrogen) atoms. The predicted molar refractivity (Wildman–Crippen MR) is 91.1 cm³/mol. The lowest BCUT2D eigenvalue weighted by atomic mass is 10.3. The van der Waals surface area contributed by atoms with Gasteiger partial charge in [-0.05, 0) is 23.6 Å². The molecule has 0 saturated heterocycles. The van der Waals surface area contributed by atoms with Gasteiger partial charge in [-0.3, -0.25) is 0 Å². The van der Waals surface area contributed by atoms with Gasteiger partial charge in [0.05, 0.1) is 24.2 Å². The molecule has 3 rings (SSSR count). The summed E-state index contributed by atoms with van der Waals surface area (Å²) in [5, 5.41) is 9.35. The number of ether oxygens (including phenoxy) is 1. The number of rotatable bonds is 6.